The predicted octanol–water partition coefficient (Wildman–Crippen LogP) is 4.65. The summed E-state index contributed by atoms with van der Waals surface area (Å²) in [4.78, 5) is 11.4. The Labute approximate surface area is 172 Å². The number of hydrogen-bond acceptors (Lipinski definition) is 5. The third-order valence-corrected chi connectivity index (χ3v) is 4.73. The molecule has 6 nitrogen and oxygen atoms in total. The highest BCUT2D eigenvalue weighted by Crippen LogP contribution is 2.32. The van der Waals surface area contributed by atoms with Crippen molar-refractivity contribution in [3.8, 4) is 6.07 Å². The molecule has 1 aromatic carbocycles. The van der Waals surface area contributed by atoms with Crippen LogP contribution >= 0.6 is 0 Å². The number of aromatic nitrogens is 2. The van der Waals surface area contributed by atoms with Gasteiger partial charge in [-0.05, 0) is 30.4 Å². The minimum atomic E-state index is -0.852. The number of rotatable bonds is 5. The summed E-state index contributed by atoms with van der Waals surface area (Å²) in [7, 11) is 1.80. The molecule has 2 rings (SSSR count). The van der Waals surface area contributed by atoms with Gasteiger partial charge in [-0.3, -0.25) is 9.48 Å². The van der Waals surface area contributed by atoms with Gasteiger partial charge in [0.15, 0.2) is 5.76 Å². The molecule has 6 heteroatoms. The minimum Gasteiger partial charge on any atom is -0.451 e. The summed E-state index contributed by atoms with van der Waals surface area (Å²) < 4.78 is 12.8. The quantitative estimate of drug-likeness (QED) is 0.319. The van der Waals surface area contributed by atoms with E-state index >= 15 is 0 Å². The van der Waals surface area contributed by atoms with Crippen LogP contribution in [0.25, 0.3) is 11.3 Å². The molecule has 0 N–H and O–H groups in total. The molecule has 0 spiro atoms. The maximum absolute atomic E-state index is 11.4. The van der Waals surface area contributed by atoms with Crippen LogP contribution in [-0.2, 0) is 26.7 Å². The van der Waals surface area contributed by atoms with E-state index in [1.165, 1.54) is 12.5 Å². The molecule has 154 valence electrons. The molecule has 0 saturated heterocycles. The van der Waals surface area contributed by atoms with Crippen molar-refractivity contribution in [2.45, 2.75) is 60.2 Å². The van der Waals surface area contributed by atoms with Gasteiger partial charge in [0.05, 0.1) is 5.69 Å². The largest absolute Gasteiger partial charge is 0.451 e. The van der Waals surface area contributed by atoms with Gasteiger partial charge in [-0.25, -0.2) is 0 Å². The first-order chi connectivity index (χ1) is 13.5. The molecule has 1 aromatic heterocycles. The number of carbonyl (C=O) groups is 1. The van der Waals surface area contributed by atoms with Crippen LogP contribution in [0.1, 0.15) is 62.7 Å². The molecule has 0 amide bonds. The molecule has 0 saturated carbocycles. The van der Waals surface area contributed by atoms with E-state index < -0.39 is 12.3 Å². The van der Waals surface area contributed by atoms with Crippen LogP contribution in [0.2, 0.25) is 0 Å². The molecular formula is C23H29N3O3. The fraction of sp³-hybridized carbons (Fsp3) is 0.435. The van der Waals surface area contributed by atoms with Crippen molar-refractivity contribution in [2.75, 3.05) is 0 Å². The number of aryl methyl sites for hydroxylation is 2. The summed E-state index contributed by atoms with van der Waals surface area (Å²) in [5.41, 5.74) is 4.67. The number of carbonyl (C=O) groups excluding carboxylic acids is 1. The van der Waals surface area contributed by atoms with Gasteiger partial charge in [-0.1, -0.05) is 45.0 Å². The van der Waals surface area contributed by atoms with Crippen LogP contribution in [0, 0.1) is 25.2 Å². The van der Waals surface area contributed by atoms with Gasteiger partial charge in [-0.15, -0.1) is 0 Å². The number of nitriles is 1. The molecule has 2 aromatic rings. The van der Waals surface area contributed by atoms with Gasteiger partial charge in [-0.2, -0.15) is 10.4 Å². The summed E-state index contributed by atoms with van der Waals surface area (Å²) in [5, 5.41) is 14.4. The maximum atomic E-state index is 11.4. The van der Waals surface area contributed by atoms with Gasteiger partial charge in [0.1, 0.15) is 17.3 Å². The Hall–Kier alpha value is -3.07. The normalized spacial score (nSPS) is 13.3. The Bertz CT molecular complexity index is 971. The lowest BCUT2D eigenvalue weighted by atomic mass is 9.86. The standard InChI is InChI=1S/C23H29N3O3/c1-14-15(2)25-26(8)21(14)22(29-17(4)28-16(3)27)20(13-24)18-9-11-19(12-10-18)23(5,6)7/h9-12,17H,1-8H3/b22-20-. The number of ether oxygens (including phenoxy) is 2. The van der Waals surface area contributed by atoms with Crippen LogP contribution in [-0.4, -0.2) is 22.0 Å². The molecule has 1 unspecified atom stereocenters. The first kappa shape index (κ1) is 22.2. The van der Waals surface area contributed by atoms with Crippen LogP contribution < -0.4 is 0 Å². The number of hydrogen-bond donors (Lipinski definition) is 0. The van der Waals surface area contributed by atoms with E-state index in [9.17, 15) is 10.1 Å². The lowest BCUT2D eigenvalue weighted by Crippen LogP contribution is -2.17. The molecule has 0 aliphatic carbocycles. The zero-order chi connectivity index (χ0) is 21.9. The second kappa shape index (κ2) is 8.52. The lowest BCUT2D eigenvalue weighted by molar-refractivity contribution is -0.161. The van der Waals surface area contributed by atoms with Crippen LogP contribution in [0.15, 0.2) is 24.3 Å². The fourth-order valence-electron chi connectivity index (χ4n) is 3.12. The zero-order valence-electron chi connectivity index (χ0n) is 18.5. The lowest BCUT2D eigenvalue weighted by Gasteiger charge is -2.21. The molecular weight excluding hydrogens is 366 g/mol. The summed E-state index contributed by atoms with van der Waals surface area (Å²) >= 11 is 0. The SMILES string of the molecule is CC(=O)OC(C)O/C(=C(/C#N)c1ccc(C(C)(C)C)cc1)c1c(C)c(C)nn1C. The van der Waals surface area contributed by atoms with Crippen molar-refractivity contribution in [1.82, 2.24) is 9.78 Å². The fourth-order valence-corrected chi connectivity index (χ4v) is 3.12. The molecule has 29 heavy (non-hydrogen) atoms. The van der Waals surface area contributed by atoms with E-state index in [2.05, 4.69) is 31.9 Å². The van der Waals surface area contributed by atoms with E-state index in [1.807, 2.05) is 38.1 Å². The number of nitrogens with zero attached hydrogens (tertiary/aromatic N) is 3. The predicted molar refractivity (Wildman–Crippen MR) is 113 cm³/mol. The monoisotopic (exact) mass is 395 g/mol. The molecule has 0 aliphatic rings. The Morgan fingerprint density at radius 1 is 1.17 bits per heavy atom. The van der Waals surface area contributed by atoms with E-state index in [-0.39, 0.29) is 5.41 Å². The molecule has 1 heterocycles. The minimum absolute atomic E-state index is 0.00790. The second-order valence-electron chi connectivity index (χ2n) is 8.12. The highest BCUT2D eigenvalue weighted by Gasteiger charge is 2.24. The molecule has 1 atom stereocenters. The molecule has 0 aliphatic heterocycles. The Kier molecular flexibility index (Phi) is 6.53. The number of benzene rings is 1. The molecule has 0 radical (unpaired) electrons. The highest BCUT2D eigenvalue weighted by molar-refractivity contribution is 5.94. The second-order valence-corrected chi connectivity index (χ2v) is 8.12. The summed E-state index contributed by atoms with van der Waals surface area (Å²) in [6, 6.07) is 10.1. The Morgan fingerprint density at radius 2 is 1.76 bits per heavy atom. The van der Waals surface area contributed by atoms with Crippen LogP contribution in [0.3, 0.4) is 0 Å². The summed E-state index contributed by atoms with van der Waals surface area (Å²) in [5.74, 6) is -0.117. The zero-order valence-corrected chi connectivity index (χ0v) is 18.5. The summed E-state index contributed by atoms with van der Waals surface area (Å²) in [6.45, 7) is 13.2. The van der Waals surface area contributed by atoms with Crippen molar-refractivity contribution < 1.29 is 14.3 Å². The first-order valence-electron chi connectivity index (χ1n) is 9.55. The Morgan fingerprint density at radius 3 is 2.17 bits per heavy atom. The van der Waals surface area contributed by atoms with Crippen molar-refractivity contribution >= 4 is 17.3 Å². The van der Waals surface area contributed by atoms with E-state index in [4.69, 9.17) is 9.47 Å². The first-order valence-corrected chi connectivity index (χ1v) is 9.55. The Balaban J connectivity index is 2.66. The summed E-state index contributed by atoms with van der Waals surface area (Å²) in [6.07, 6.45) is -0.852. The average molecular weight is 396 g/mol. The topological polar surface area (TPSA) is 77.1 Å². The van der Waals surface area contributed by atoms with E-state index in [1.54, 1.807) is 18.7 Å². The number of allylic oxidation sites excluding steroid dienone is 1. The van der Waals surface area contributed by atoms with Crippen LogP contribution in [0.4, 0.5) is 0 Å². The van der Waals surface area contributed by atoms with Gasteiger partial charge >= 0.3 is 5.97 Å². The highest BCUT2D eigenvalue weighted by atomic mass is 16.7. The smallest absolute Gasteiger partial charge is 0.305 e. The van der Waals surface area contributed by atoms with E-state index in [0.717, 1.165) is 16.8 Å². The van der Waals surface area contributed by atoms with Gasteiger partial charge in [0.2, 0.25) is 6.29 Å². The van der Waals surface area contributed by atoms with Gasteiger partial charge in [0, 0.05) is 26.5 Å². The maximum Gasteiger partial charge on any atom is 0.305 e. The third kappa shape index (κ3) is 5.05. The van der Waals surface area contributed by atoms with Crippen molar-refractivity contribution in [3.63, 3.8) is 0 Å². The number of esters is 1. The van der Waals surface area contributed by atoms with Gasteiger partial charge < -0.3 is 9.47 Å². The molecule has 0 bridgehead atoms. The van der Waals surface area contributed by atoms with Crippen molar-refractivity contribution in [2.24, 2.45) is 7.05 Å². The average Bonchev–Trinajstić information content (AvgIpc) is 2.86. The molecule has 0 fully saturated rings. The third-order valence-electron chi connectivity index (χ3n) is 4.73. The van der Waals surface area contributed by atoms with Gasteiger partial charge in [0.25, 0.3) is 0 Å². The van der Waals surface area contributed by atoms with E-state index in [0.29, 0.717) is 17.0 Å². The van der Waals surface area contributed by atoms with Crippen molar-refractivity contribution in [1.29, 1.82) is 5.26 Å². The van der Waals surface area contributed by atoms with Crippen molar-refractivity contribution in [3.05, 3.63) is 52.3 Å². The van der Waals surface area contributed by atoms with Crippen LogP contribution in [0.5, 0.6) is 0 Å².